The lowest BCUT2D eigenvalue weighted by atomic mass is 10.0. The second-order valence-electron chi connectivity index (χ2n) is 6.08. The van der Waals surface area contributed by atoms with E-state index in [0.29, 0.717) is 19.3 Å². The Bertz CT molecular complexity index is 511. The van der Waals surface area contributed by atoms with Crippen molar-refractivity contribution < 1.29 is 19.4 Å². The van der Waals surface area contributed by atoms with Crippen LogP contribution in [0, 0.1) is 0 Å². The highest BCUT2D eigenvalue weighted by molar-refractivity contribution is 5.83. The van der Waals surface area contributed by atoms with Gasteiger partial charge in [-0.1, -0.05) is 30.3 Å². The lowest BCUT2D eigenvalue weighted by Crippen LogP contribution is -2.44. The van der Waals surface area contributed by atoms with Crippen LogP contribution in [-0.4, -0.2) is 47.7 Å². The first-order valence-corrected chi connectivity index (χ1v) is 8.22. The highest BCUT2D eigenvalue weighted by Gasteiger charge is 2.27. The van der Waals surface area contributed by atoms with Gasteiger partial charge in [0.25, 0.3) is 0 Å². The predicted octanol–water partition coefficient (Wildman–Crippen LogP) is 2.49. The molecule has 1 aromatic carbocycles. The van der Waals surface area contributed by atoms with Crippen LogP contribution in [0.1, 0.15) is 37.7 Å². The second kappa shape index (κ2) is 8.67. The Hall–Kier alpha value is -1.88. The molecule has 2 rings (SSSR count). The first kappa shape index (κ1) is 17.5. The summed E-state index contributed by atoms with van der Waals surface area (Å²) in [5.41, 5.74) is 0.912. The zero-order chi connectivity index (χ0) is 16.7. The molecule has 0 radical (unpaired) electrons. The Morgan fingerprint density at radius 3 is 2.65 bits per heavy atom. The molecule has 1 saturated heterocycles. The van der Waals surface area contributed by atoms with Gasteiger partial charge in [0, 0.05) is 26.5 Å². The molecule has 2 unspecified atom stereocenters. The summed E-state index contributed by atoms with van der Waals surface area (Å²) in [6, 6.07) is 8.55. The van der Waals surface area contributed by atoms with Crippen LogP contribution in [0.5, 0.6) is 0 Å². The number of rotatable bonds is 7. The minimum atomic E-state index is -0.974. The van der Waals surface area contributed by atoms with Crippen LogP contribution in [-0.2, 0) is 20.7 Å². The van der Waals surface area contributed by atoms with E-state index in [1.807, 2.05) is 30.3 Å². The van der Waals surface area contributed by atoms with Crippen LogP contribution in [0.15, 0.2) is 30.3 Å². The first-order chi connectivity index (χ1) is 11.1. The SMILES string of the molecule is CN(C(=O)CCC1CCCCO1)C(Cc1ccccc1)C(=O)O. The van der Waals surface area contributed by atoms with E-state index in [4.69, 9.17) is 4.74 Å². The fourth-order valence-corrected chi connectivity index (χ4v) is 2.90. The van der Waals surface area contributed by atoms with E-state index in [0.717, 1.165) is 31.4 Å². The predicted molar refractivity (Wildman–Crippen MR) is 87.2 cm³/mol. The van der Waals surface area contributed by atoms with Crippen molar-refractivity contribution >= 4 is 11.9 Å². The maximum Gasteiger partial charge on any atom is 0.326 e. The summed E-state index contributed by atoms with van der Waals surface area (Å²) in [7, 11) is 1.58. The number of likely N-dealkylation sites (N-methyl/N-ethyl adjacent to an activating group) is 1. The van der Waals surface area contributed by atoms with E-state index in [1.165, 1.54) is 4.90 Å². The fourth-order valence-electron chi connectivity index (χ4n) is 2.90. The zero-order valence-electron chi connectivity index (χ0n) is 13.6. The molecule has 0 spiro atoms. The van der Waals surface area contributed by atoms with Crippen molar-refractivity contribution in [3.8, 4) is 0 Å². The molecule has 23 heavy (non-hydrogen) atoms. The maximum absolute atomic E-state index is 12.3. The second-order valence-corrected chi connectivity index (χ2v) is 6.08. The van der Waals surface area contributed by atoms with Crippen molar-refractivity contribution in [3.05, 3.63) is 35.9 Å². The first-order valence-electron chi connectivity index (χ1n) is 8.22. The molecule has 5 nitrogen and oxygen atoms in total. The molecule has 0 saturated carbocycles. The molecule has 1 aliphatic rings. The van der Waals surface area contributed by atoms with Gasteiger partial charge in [0.1, 0.15) is 6.04 Å². The smallest absolute Gasteiger partial charge is 0.326 e. The highest BCUT2D eigenvalue weighted by atomic mass is 16.5. The molecule has 1 N–H and O–H groups in total. The number of carboxylic acid groups (broad SMARTS) is 1. The number of amides is 1. The van der Waals surface area contributed by atoms with Gasteiger partial charge >= 0.3 is 5.97 Å². The molecule has 126 valence electrons. The number of aliphatic carboxylic acids is 1. The average Bonchev–Trinajstić information content (AvgIpc) is 2.58. The number of carboxylic acids is 1. The lowest BCUT2D eigenvalue weighted by molar-refractivity contribution is -0.149. The summed E-state index contributed by atoms with van der Waals surface area (Å²) in [5, 5.41) is 9.45. The molecule has 1 aromatic rings. The Labute approximate surface area is 137 Å². The molecule has 1 aliphatic heterocycles. The third kappa shape index (κ3) is 5.36. The average molecular weight is 319 g/mol. The number of ether oxygens (including phenoxy) is 1. The molecule has 0 bridgehead atoms. The third-order valence-corrected chi connectivity index (χ3v) is 4.37. The number of carbonyl (C=O) groups is 2. The molecule has 2 atom stereocenters. The van der Waals surface area contributed by atoms with Crippen LogP contribution in [0.25, 0.3) is 0 Å². The van der Waals surface area contributed by atoms with Crippen LogP contribution in [0.3, 0.4) is 0 Å². The van der Waals surface area contributed by atoms with Crippen molar-refractivity contribution in [2.24, 2.45) is 0 Å². The van der Waals surface area contributed by atoms with Gasteiger partial charge in [-0.2, -0.15) is 0 Å². The van der Waals surface area contributed by atoms with Gasteiger partial charge in [0.2, 0.25) is 5.91 Å². The summed E-state index contributed by atoms with van der Waals surface area (Å²) >= 11 is 0. The summed E-state index contributed by atoms with van der Waals surface area (Å²) in [4.78, 5) is 25.2. The Kier molecular flexibility index (Phi) is 6.59. The largest absolute Gasteiger partial charge is 0.480 e. The standard InChI is InChI=1S/C18H25NO4/c1-19(17(20)11-10-15-9-5-6-12-23-15)16(18(21)22)13-14-7-3-2-4-8-14/h2-4,7-8,15-16H,5-6,9-13H2,1H3,(H,21,22). The monoisotopic (exact) mass is 319 g/mol. The number of benzene rings is 1. The molecule has 1 fully saturated rings. The molecule has 5 heteroatoms. The molecular weight excluding hydrogens is 294 g/mol. The molecular formula is C18H25NO4. The van der Waals surface area contributed by atoms with E-state index in [9.17, 15) is 14.7 Å². The zero-order valence-corrected chi connectivity index (χ0v) is 13.6. The normalized spacial score (nSPS) is 19.1. The van der Waals surface area contributed by atoms with E-state index >= 15 is 0 Å². The van der Waals surface area contributed by atoms with E-state index < -0.39 is 12.0 Å². The molecule has 1 heterocycles. The number of carbonyl (C=O) groups excluding carboxylic acids is 1. The summed E-state index contributed by atoms with van der Waals surface area (Å²) < 4.78 is 5.62. The van der Waals surface area contributed by atoms with Gasteiger partial charge in [0.15, 0.2) is 0 Å². The minimum absolute atomic E-state index is 0.137. The number of hydrogen-bond acceptors (Lipinski definition) is 3. The maximum atomic E-state index is 12.3. The third-order valence-electron chi connectivity index (χ3n) is 4.37. The van der Waals surface area contributed by atoms with E-state index in [1.54, 1.807) is 7.05 Å². The molecule has 1 amide bonds. The summed E-state index contributed by atoms with van der Waals surface area (Å²) in [6.45, 7) is 0.764. The minimum Gasteiger partial charge on any atom is -0.480 e. The topological polar surface area (TPSA) is 66.8 Å². The van der Waals surface area contributed by atoms with Crippen molar-refractivity contribution in [2.75, 3.05) is 13.7 Å². The van der Waals surface area contributed by atoms with Crippen molar-refractivity contribution in [3.63, 3.8) is 0 Å². The summed E-state index contributed by atoms with van der Waals surface area (Å²) in [6.07, 6.45) is 4.67. The Balaban J connectivity index is 1.89. The van der Waals surface area contributed by atoms with Gasteiger partial charge in [-0.3, -0.25) is 4.79 Å². The van der Waals surface area contributed by atoms with Crippen LogP contribution in [0.2, 0.25) is 0 Å². The van der Waals surface area contributed by atoms with Crippen LogP contribution in [0.4, 0.5) is 0 Å². The highest BCUT2D eigenvalue weighted by Crippen LogP contribution is 2.18. The van der Waals surface area contributed by atoms with Gasteiger partial charge in [0.05, 0.1) is 6.10 Å². The van der Waals surface area contributed by atoms with Gasteiger partial charge in [-0.25, -0.2) is 4.79 Å². The Morgan fingerprint density at radius 2 is 2.04 bits per heavy atom. The van der Waals surface area contributed by atoms with E-state index in [-0.39, 0.29) is 12.0 Å². The van der Waals surface area contributed by atoms with Gasteiger partial charge in [-0.05, 0) is 31.2 Å². The quantitative estimate of drug-likeness (QED) is 0.838. The number of nitrogens with zero attached hydrogens (tertiary/aromatic N) is 1. The summed E-state index contributed by atoms with van der Waals surface area (Å²) in [5.74, 6) is -1.11. The molecule has 0 aliphatic carbocycles. The van der Waals surface area contributed by atoms with Gasteiger partial charge in [-0.15, -0.1) is 0 Å². The van der Waals surface area contributed by atoms with Crippen molar-refractivity contribution in [1.82, 2.24) is 4.90 Å². The van der Waals surface area contributed by atoms with Gasteiger partial charge < -0.3 is 14.7 Å². The van der Waals surface area contributed by atoms with Crippen molar-refractivity contribution in [1.29, 1.82) is 0 Å². The Morgan fingerprint density at radius 1 is 1.30 bits per heavy atom. The van der Waals surface area contributed by atoms with E-state index in [2.05, 4.69) is 0 Å². The van der Waals surface area contributed by atoms with Crippen molar-refractivity contribution in [2.45, 2.75) is 50.7 Å². The van der Waals surface area contributed by atoms with Crippen LogP contribution >= 0.6 is 0 Å². The lowest BCUT2D eigenvalue weighted by Gasteiger charge is -2.27. The number of hydrogen-bond donors (Lipinski definition) is 1. The van der Waals surface area contributed by atoms with Crippen LogP contribution < -0.4 is 0 Å². The molecule has 0 aromatic heterocycles. The fraction of sp³-hybridized carbons (Fsp3) is 0.556.